The Hall–Kier alpha value is -0.540. The van der Waals surface area contributed by atoms with Crippen LogP contribution < -0.4 is 10.1 Å². The lowest BCUT2D eigenvalue weighted by atomic mass is 10.1. The molecule has 15 heavy (non-hydrogen) atoms. The Kier molecular flexibility index (Phi) is 4.61. The van der Waals surface area contributed by atoms with Crippen LogP contribution in [0.5, 0.6) is 5.75 Å². The number of hydrogen-bond acceptors (Lipinski definition) is 2. The summed E-state index contributed by atoms with van der Waals surface area (Å²) in [5, 5.41) is 3.47. The van der Waals surface area contributed by atoms with Gasteiger partial charge in [0.05, 0.1) is 7.11 Å². The highest BCUT2D eigenvalue weighted by molar-refractivity contribution is 9.10. The fourth-order valence-corrected chi connectivity index (χ4v) is 2.28. The smallest absolute Gasteiger partial charge is 0.120 e. The maximum Gasteiger partial charge on any atom is 0.120 e. The van der Waals surface area contributed by atoms with Crippen LogP contribution in [0.3, 0.4) is 0 Å². The maximum atomic E-state index is 5.16. The first kappa shape index (κ1) is 12.5. The van der Waals surface area contributed by atoms with Crippen LogP contribution >= 0.6 is 15.9 Å². The number of benzene rings is 1. The second-order valence-corrected chi connectivity index (χ2v) is 4.78. The van der Waals surface area contributed by atoms with Gasteiger partial charge in [-0.15, -0.1) is 0 Å². The number of rotatable bonds is 4. The molecule has 3 heteroatoms. The van der Waals surface area contributed by atoms with Crippen LogP contribution in [0.25, 0.3) is 0 Å². The molecular formula is C12H18BrNO. The molecule has 0 bridgehead atoms. The molecule has 1 aromatic rings. The molecule has 1 unspecified atom stereocenters. The summed E-state index contributed by atoms with van der Waals surface area (Å²) in [7, 11) is 1.68. The molecule has 2 nitrogen and oxygen atoms in total. The number of halogens is 1. The van der Waals surface area contributed by atoms with Crippen LogP contribution in [0.4, 0.5) is 0 Å². The third-order valence-electron chi connectivity index (χ3n) is 2.26. The van der Waals surface area contributed by atoms with Gasteiger partial charge in [-0.05, 0) is 24.6 Å². The highest BCUT2D eigenvalue weighted by atomic mass is 79.9. The van der Waals surface area contributed by atoms with Crippen LogP contribution in [0.15, 0.2) is 22.7 Å². The fraction of sp³-hybridized carbons (Fsp3) is 0.500. The molecule has 0 heterocycles. The van der Waals surface area contributed by atoms with Gasteiger partial charge >= 0.3 is 0 Å². The highest BCUT2D eigenvalue weighted by Crippen LogP contribution is 2.27. The Bertz CT molecular complexity index is 325. The lowest BCUT2D eigenvalue weighted by molar-refractivity contribution is 0.414. The molecule has 0 amide bonds. The van der Waals surface area contributed by atoms with E-state index in [4.69, 9.17) is 4.74 Å². The summed E-state index contributed by atoms with van der Waals surface area (Å²) in [6.07, 6.45) is 0. The van der Waals surface area contributed by atoms with E-state index in [1.165, 1.54) is 5.56 Å². The zero-order valence-corrected chi connectivity index (χ0v) is 11.3. The molecule has 84 valence electrons. The summed E-state index contributed by atoms with van der Waals surface area (Å²) in [5.74, 6) is 0.877. The number of methoxy groups -OCH3 is 1. The third-order valence-corrected chi connectivity index (χ3v) is 2.94. The molecule has 0 radical (unpaired) electrons. The molecule has 1 N–H and O–H groups in total. The number of nitrogens with one attached hydrogen (secondary N) is 1. The molecule has 0 aliphatic heterocycles. The average Bonchev–Trinajstić information content (AvgIpc) is 2.16. The fourth-order valence-electron chi connectivity index (χ4n) is 1.58. The van der Waals surface area contributed by atoms with Crippen LogP contribution in [0.1, 0.15) is 32.4 Å². The van der Waals surface area contributed by atoms with Crippen LogP contribution in [-0.2, 0) is 0 Å². The van der Waals surface area contributed by atoms with Crippen LogP contribution in [-0.4, -0.2) is 13.2 Å². The van der Waals surface area contributed by atoms with Crippen molar-refractivity contribution in [2.75, 3.05) is 7.11 Å². The van der Waals surface area contributed by atoms with Crippen molar-refractivity contribution in [1.82, 2.24) is 5.32 Å². The van der Waals surface area contributed by atoms with Gasteiger partial charge in [0, 0.05) is 16.6 Å². The predicted octanol–water partition coefficient (Wildman–Crippen LogP) is 3.52. The molecule has 0 saturated heterocycles. The minimum atomic E-state index is 0.338. The van der Waals surface area contributed by atoms with Gasteiger partial charge in [0.1, 0.15) is 5.75 Å². The Morgan fingerprint density at radius 2 is 1.93 bits per heavy atom. The van der Waals surface area contributed by atoms with Crippen LogP contribution in [0.2, 0.25) is 0 Å². The molecule has 0 fully saturated rings. The standard InChI is InChI=1S/C12H18BrNO/c1-8(2)14-9(3)11-6-5-10(15-4)7-12(11)13/h5-9,14H,1-4H3. The number of ether oxygens (including phenoxy) is 1. The predicted molar refractivity (Wildman–Crippen MR) is 67.4 cm³/mol. The molecule has 0 saturated carbocycles. The van der Waals surface area contributed by atoms with Crippen molar-refractivity contribution in [3.8, 4) is 5.75 Å². The minimum Gasteiger partial charge on any atom is -0.497 e. The molecule has 0 aliphatic carbocycles. The highest BCUT2D eigenvalue weighted by Gasteiger charge is 2.10. The van der Waals surface area contributed by atoms with Crippen molar-refractivity contribution < 1.29 is 4.74 Å². The first-order chi connectivity index (χ1) is 7.04. The van der Waals surface area contributed by atoms with Crippen molar-refractivity contribution in [2.24, 2.45) is 0 Å². The van der Waals surface area contributed by atoms with E-state index in [1.807, 2.05) is 12.1 Å². The first-order valence-corrected chi connectivity index (χ1v) is 5.93. The van der Waals surface area contributed by atoms with Gasteiger partial charge in [-0.1, -0.05) is 35.8 Å². The third kappa shape index (κ3) is 3.50. The van der Waals surface area contributed by atoms with Crippen molar-refractivity contribution in [3.05, 3.63) is 28.2 Å². The van der Waals surface area contributed by atoms with Gasteiger partial charge in [0.15, 0.2) is 0 Å². The van der Waals surface area contributed by atoms with E-state index in [0.29, 0.717) is 12.1 Å². The molecule has 1 aromatic carbocycles. The Balaban J connectivity index is 2.85. The SMILES string of the molecule is COc1ccc(C(C)NC(C)C)c(Br)c1. The minimum absolute atomic E-state index is 0.338. The monoisotopic (exact) mass is 271 g/mol. The topological polar surface area (TPSA) is 21.3 Å². The largest absolute Gasteiger partial charge is 0.497 e. The lowest BCUT2D eigenvalue weighted by Gasteiger charge is -2.18. The second-order valence-electron chi connectivity index (χ2n) is 3.93. The van der Waals surface area contributed by atoms with Gasteiger partial charge in [0.25, 0.3) is 0 Å². The summed E-state index contributed by atoms with van der Waals surface area (Å²) in [6, 6.07) is 6.88. The van der Waals surface area contributed by atoms with Gasteiger partial charge in [0.2, 0.25) is 0 Å². The summed E-state index contributed by atoms with van der Waals surface area (Å²) in [5.41, 5.74) is 1.25. The zero-order chi connectivity index (χ0) is 11.4. The van der Waals surface area contributed by atoms with Crippen molar-refractivity contribution in [3.63, 3.8) is 0 Å². The molecule has 0 spiro atoms. The summed E-state index contributed by atoms with van der Waals surface area (Å²) in [6.45, 7) is 6.45. The normalized spacial score (nSPS) is 12.9. The van der Waals surface area contributed by atoms with E-state index < -0.39 is 0 Å². The maximum absolute atomic E-state index is 5.16. The van der Waals surface area contributed by atoms with E-state index in [2.05, 4.69) is 48.1 Å². The lowest BCUT2D eigenvalue weighted by Crippen LogP contribution is -2.26. The van der Waals surface area contributed by atoms with Gasteiger partial charge in [-0.25, -0.2) is 0 Å². The van der Waals surface area contributed by atoms with Gasteiger partial charge in [-0.2, -0.15) is 0 Å². The first-order valence-electron chi connectivity index (χ1n) is 5.14. The Labute approximate surface area is 100 Å². The van der Waals surface area contributed by atoms with E-state index >= 15 is 0 Å². The van der Waals surface area contributed by atoms with Crippen LogP contribution in [0, 0.1) is 0 Å². The second kappa shape index (κ2) is 5.52. The quantitative estimate of drug-likeness (QED) is 0.905. The molecule has 1 atom stereocenters. The van der Waals surface area contributed by atoms with E-state index in [1.54, 1.807) is 7.11 Å². The van der Waals surface area contributed by atoms with E-state index in [-0.39, 0.29) is 0 Å². The summed E-state index contributed by atoms with van der Waals surface area (Å²) in [4.78, 5) is 0. The van der Waals surface area contributed by atoms with Crippen molar-refractivity contribution in [1.29, 1.82) is 0 Å². The molecule has 0 aliphatic rings. The molecular weight excluding hydrogens is 254 g/mol. The molecule has 0 aromatic heterocycles. The number of hydrogen-bond donors (Lipinski definition) is 1. The van der Waals surface area contributed by atoms with Crippen molar-refractivity contribution in [2.45, 2.75) is 32.9 Å². The van der Waals surface area contributed by atoms with E-state index in [0.717, 1.165) is 10.2 Å². The Morgan fingerprint density at radius 1 is 1.27 bits per heavy atom. The van der Waals surface area contributed by atoms with Gasteiger partial charge in [-0.3, -0.25) is 0 Å². The summed E-state index contributed by atoms with van der Waals surface area (Å²) >= 11 is 3.56. The zero-order valence-electron chi connectivity index (χ0n) is 9.67. The molecule has 1 rings (SSSR count). The Morgan fingerprint density at radius 3 is 2.40 bits per heavy atom. The average molecular weight is 272 g/mol. The van der Waals surface area contributed by atoms with E-state index in [9.17, 15) is 0 Å². The summed E-state index contributed by atoms with van der Waals surface area (Å²) < 4.78 is 6.25. The van der Waals surface area contributed by atoms with Gasteiger partial charge < -0.3 is 10.1 Å². The van der Waals surface area contributed by atoms with Crippen molar-refractivity contribution >= 4 is 15.9 Å².